The van der Waals surface area contributed by atoms with Crippen LogP contribution in [0, 0.1) is 0 Å². The molecule has 0 aliphatic heterocycles. The van der Waals surface area contributed by atoms with Crippen molar-refractivity contribution in [3.63, 3.8) is 0 Å². The van der Waals surface area contributed by atoms with Crippen LogP contribution in [0.15, 0.2) is 65.6 Å². The van der Waals surface area contributed by atoms with Gasteiger partial charge in [-0.25, -0.2) is 0 Å². The third-order valence-corrected chi connectivity index (χ3v) is 7.03. The first kappa shape index (κ1) is 25.6. The van der Waals surface area contributed by atoms with Gasteiger partial charge >= 0.3 is 0 Å². The lowest BCUT2D eigenvalue weighted by atomic mass is 10.1. The maximum absolute atomic E-state index is 13.0. The maximum atomic E-state index is 13.0. The topological polar surface area (TPSA) is 124 Å². The van der Waals surface area contributed by atoms with Crippen molar-refractivity contribution >= 4 is 45.0 Å². The number of thiophene rings is 1. The number of hydrogen-bond acceptors (Lipinski definition) is 6. The quantitative estimate of drug-likeness (QED) is 0.308. The van der Waals surface area contributed by atoms with Gasteiger partial charge in [0.2, 0.25) is 11.3 Å². The van der Waals surface area contributed by atoms with E-state index in [2.05, 4.69) is 5.32 Å². The molecule has 1 unspecified atom stereocenters. The van der Waals surface area contributed by atoms with E-state index in [0.717, 1.165) is 10.4 Å². The van der Waals surface area contributed by atoms with Gasteiger partial charge in [0.1, 0.15) is 16.5 Å². The lowest BCUT2D eigenvalue weighted by molar-refractivity contribution is 0.0287. The van der Waals surface area contributed by atoms with Crippen molar-refractivity contribution in [2.75, 3.05) is 6.61 Å². The Hall–Kier alpha value is -3.50. The molecule has 0 aliphatic carbocycles. The van der Waals surface area contributed by atoms with Crippen LogP contribution in [0.5, 0.6) is 0 Å². The number of carbonyl (C=O) groups is 2. The van der Waals surface area contributed by atoms with Gasteiger partial charge in [0.15, 0.2) is 0 Å². The predicted molar refractivity (Wildman–Crippen MR) is 139 cm³/mol. The van der Waals surface area contributed by atoms with Gasteiger partial charge < -0.3 is 25.5 Å². The van der Waals surface area contributed by atoms with Gasteiger partial charge in [-0.15, -0.1) is 11.3 Å². The number of carbonyl (C=O) groups excluding carboxylic acids is 2. The summed E-state index contributed by atoms with van der Waals surface area (Å²) in [5.41, 5.74) is 6.67. The van der Waals surface area contributed by atoms with Crippen molar-refractivity contribution < 1.29 is 19.4 Å². The highest BCUT2D eigenvalue weighted by Crippen LogP contribution is 2.25. The summed E-state index contributed by atoms with van der Waals surface area (Å²) in [6.45, 7) is 0.430. The highest BCUT2D eigenvalue weighted by Gasteiger charge is 2.17. The second-order valence-electron chi connectivity index (χ2n) is 8.24. The highest BCUT2D eigenvalue weighted by atomic mass is 35.5. The molecule has 0 fully saturated rings. The van der Waals surface area contributed by atoms with Crippen molar-refractivity contribution in [1.29, 1.82) is 0 Å². The van der Waals surface area contributed by atoms with E-state index in [9.17, 15) is 19.5 Å². The maximum Gasteiger partial charge on any atom is 0.257 e. The number of fused-ring (bicyclic) bond motifs is 1. The molecule has 2 heterocycles. The second-order valence-corrected chi connectivity index (χ2v) is 9.80. The number of hydrogen-bond donors (Lipinski definition) is 3. The minimum absolute atomic E-state index is 0.00876. The Morgan fingerprint density at radius 1 is 1.19 bits per heavy atom. The molecule has 0 saturated heterocycles. The van der Waals surface area contributed by atoms with E-state index < -0.39 is 17.9 Å². The van der Waals surface area contributed by atoms with Gasteiger partial charge in [-0.05, 0) is 41.5 Å². The third kappa shape index (κ3) is 5.83. The molecule has 186 valence electrons. The van der Waals surface area contributed by atoms with Crippen LogP contribution in [0.4, 0.5) is 0 Å². The molecule has 0 radical (unpaired) electrons. The molecular formula is C26H24ClN3O5S. The van der Waals surface area contributed by atoms with Crippen LogP contribution in [0.2, 0.25) is 5.02 Å². The number of primary amides is 1. The summed E-state index contributed by atoms with van der Waals surface area (Å²) in [6, 6.07) is 15.2. The largest absolute Gasteiger partial charge is 0.386 e. The van der Waals surface area contributed by atoms with E-state index in [4.69, 9.17) is 22.1 Å². The van der Waals surface area contributed by atoms with E-state index in [1.165, 1.54) is 23.6 Å². The number of halogens is 1. The number of aliphatic hydroxyl groups excluding tert-OH is 1. The van der Waals surface area contributed by atoms with Gasteiger partial charge in [-0.3, -0.25) is 14.4 Å². The molecule has 4 aromatic rings. The van der Waals surface area contributed by atoms with Crippen LogP contribution < -0.4 is 16.5 Å². The average Bonchev–Trinajstić information content (AvgIpc) is 3.31. The number of aromatic nitrogens is 1. The number of benzene rings is 2. The molecule has 0 bridgehead atoms. The first-order chi connectivity index (χ1) is 17.2. The van der Waals surface area contributed by atoms with Crippen LogP contribution in [-0.4, -0.2) is 28.1 Å². The van der Waals surface area contributed by atoms with Crippen molar-refractivity contribution in [3.05, 3.63) is 103 Å². The van der Waals surface area contributed by atoms with Crippen molar-refractivity contribution in [2.24, 2.45) is 12.8 Å². The Balaban J connectivity index is 1.43. The molecule has 1 atom stereocenters. The fourth-order valence-electron chi connectivity index (χ4n) is 3.69. The number of pyridine rings is 1. The van der Waals surface area contributed by atoms with Gasteiger partial charge in [0.25, 0.3) is 5.91 Å². The van der Waals surface area contributed by atoms with E-state index in [0.29, 0.717) is 26.4 Å². The standard InChI is InChI=1S/C26H24ClN3O5S/c1-30-12-21(25(34)29-11-15-5-7-18(27)8-6-15)23(32)20-10-19(36-26(20)30)13-35-14-22(31)16-3-2-4-17(9-16)24(28)33/h2-10,12,22,31H,11,13-14H2,1H3,(H2,28,33)(H,29,34). The molecule has 4 rings (SSSR count). The third-order valence-electron chi connectivity index (χ3n) is 5.58. The van der Waals surface area contributed by atoms with Gasteiger partial charge in [0.05, 0.1) is 18.6 Å². The Kier molecular flexibility index (Phi) is 7.85. The number of amides is 2. The molecule has 2 aromatic carbocycles. The zero-order chi connectivity index (χ0) is 25.8. The summed E-state index contributed by atoms with van der Waals surface area (Å²) in [5, 5.41) is 14.2. The Morgan fingerprint density at radius 2 is 1.94 bits per heavy atom. The van der Waals surface area contributed by atoms with E-state index in [-0.39, 0.29) is 30.8 Å². The van der Waals surface area contributed by atoms with Gasteiger partial charge in [-0.2, -0.15) is 0 Å². The molecule has 2 amide bonds. The number of aryl methyl sites for hydroxylation is 1. The van der Waals surface area contributed by atoms with Crippen molar-refractivity contribution in [1.82, 2.24) is 9.88 Å². The van der Waals surface area contributed by atoms with Crippen LogP contribution in [0.25, 0.3) is 10.2 Å². The Bertz CT molecular complexity index is 1480. The van der Waals surface area contributed by atoms with Crippen molar-refractivity contribution in [3.8, 4) is 0 Å². The van der Waals surface area contributed by atoms with Crippen molar-refractivity contribution in [2.45, 2.75) is 19.3 Å². The van der Waals surface area contributed by atoms with Gasteiger partial charge in [0, 0.05) is 35.3 Å². The fourth-order valence-corrected chi connectivity index (χ4v) is 4.84. The monoisotopic (exact) mass is 525 g/mol. The number of ether oxygens (including phenoxy) is 1. The number of rotatable bonds is 9. The lowest BCUT2D eigenvalue weighted by Gasteiger charge is -2.12. The summed E-state index contributed by atoms with van der Waals surface area (Å²) >= 11 is 7.26. The van der Waals surface area contributed by atoms with Crippen LogP contribution >= 0.6 is 22.9 Å². The summed E-state index contributed by atoms with van der Waals surface area (Å²) in [5.74, 6) is -1.03. The zero-order valence-corrected chi connectivity index (χ0v) is 20.9. The molecule has 10 heteroatoms. The predicted octanol–water partition coefficient (Wildman–Crippen LogP) is 3.53. The first-order valence-corrected chi connectivity index (χ1v) is 12.2. The number of aliphatic hydroxyl groups is 1. The summed E-state index contributed by atoms with van der Waals surface area (Å²) < 4.78 is 7.41. The SMILES string of the molecule is Cn1cc(C(=O)NCc2ccc(Cl)cc2)c(=O)c2cc(COCC(O)c3cccc(C(N)=O)c3)sc21. The molecular weight excluding hydrogens is 502 g/mol. The van der Waals surface area contributed by atoms with E-state index in [1.54, 1.807) is 60.1 Å². The second kappa shape index (κ2) is 11.0. The first-order valence-electron chi connectivity index (χ1n) is 11.0. The number of nitrogens with one attached hydrogen (secondary N) is 1. The molecule has 4 N–H and O–H groups in total. The molecule has 0 spiro atoms. The minimum Gasteiger partial charge on any atom is -0.386 e. The minimum atomic E-state index is -0.944. The number of nitrogens with two attached hydrogens (primary N) is 1. The molecule has 0 saturated carbocycles. The van der Waals surface area contributed by atoms with Crippen LogP contribution in [0.3, 0.4) is 0 Å². The zero-order valence-electron chi connectivity index (χ0n) is 19.4. The smallest absolute Gasteiger partial charge is 0.257 e. The summed E-state index contributed by atoms with van der Waals surface area (Å²) in [4.78, 5) is 38.6. The highest BCUT2D eigenvalue weighted by molar-refractivity contribution is 7.18. The van der Waals surface area contributed by atoms with Gasteiger partial charge in [-0.1, -0.05) is 35.9 Å². The Labute approximate surface area is 215 Å². The average molecular weight is 526 g/mol. The normalized spacial score (nSPS) is 12.0. The Morgan fingerprint density at radius 3 is 2.67 bits per heavy atom. The van der Waals surface area contributed by atoms with E-state index >= 15 is 0 Å². The fraction of sp³-hybridized carbons (Fsp3) is 0.192. The number of nitrogens with zero attached hydrogens (tertiary/aromatic N) is 1. The molecule has 8 nitrogen and oxygen atoms in total. The lowest BCUT2D eigenvalue weighted by Crippen LogP contribution is -2.29. The van der Waals surface area contributed by atoms with Crippen LogP contribution in [0.1, 0.15) is 42.8 Å². The van der Waals surface area contributed by atoms with E-state index in [1.807, 2.05) is 0 Å². The summed E-state index contributed by atoms with van der Waals surface area (Å²) in [6.07, 6.45) is 0.583. The molecule has 0 aliphatic rings. The molecule has 36 heavy (non-hydrogen) atoms. The molecule has 2 aromatic heterocycles. The van der Waals surface area contributed by atoms with Crippen LogP contribution in [-0.2, 0) is 24.9 Å². The summed E-state index contributed by atoms with van der Waals surface area (Å²) in [7, 11) is 1.77.